The summed E-state index contributed by atoms with van der Waals surface area (Å²) in [4.78, 5) is 0. The molecule has 140 valence electrons. The van der Waals surface area contributed by atoms with Crippen LogP contribution in [0.3, 0.4) is 0 Å². The highest BCUT2D eigenvalue weighted by molar-refractivity contribution is 5.41. The van der Waals surface area contributed by atoms with E-state index in [0.29, 0.717) is 13.0 Å². The van der Waals surface area contributed by atoms with E-state index < -0.39 is 23.2 Å². The van der Waals surface area contributed by atoms with E-state index in [4.69, 9.17) is 4.74 Å². The van der Waals surface area contributed by atoms with E-state index in [0.717, 1.165) is 25.7 Å². The number of hydrogen-bond acceptors (Lipinski definition) is 5. The summed E-state index contributed by atoms with van der Waals surface area (Å²) in [7, 11) is 0. The molecule has 4 N–H and O–H groups in total. The van der Waals surface area contributed by atoms with Gasteiger partial charge in [-0.3, -0.25) is 0 Å². The fourth-order valence-electron chi connectivity index (χ4n) is 7.79. The normalized spacial score (nSPS) is 62.3. The molecule has 3 saturated carbocycles. The van der Waals surface area contributed by atoms with E-state index >= 15 is 0 Å². The number of aliphatic hydroxyl groups excluding tert-OH is 3. The SMILES string of the molecule is C[C@@]1(CO)[C@H](O)CC[C@@]2(C)[C@H]1[C@H](O)C=C1[C@H]3OC[C@@]4(O)CC[C@]12C[C@@H]34. The van der Waals surface area contributed by atoms with Crippen LogP contribution in [0.2, 0.25) is 0 Å². The zero-order chi connectivity index (χ0) is 17.8. The molecule has 1 spiro atoms. The van der Waals surface area contributed by atoms with Gasteiger partial charge in [0.1, 0.15) is 0 Å². The van der Waals surface area contributed by atoms with E-state index in [1.807, 2.05) is 13.0 Å². The van der Waals surface area contributed by atoms with Crippen LogP contribution in [0.1, 0.15) is 46.0 Å². The highest BCUT2D eigenvalue weighted by Crippen LogP contribution is 2.75. The van der Waals surface area contributed by atoms with E-state index in [1.165, 1.54) is 5.57 Å². The first-order valence-electron chi connectivity index (χ1n) is 9.75. The van der Waals surface area contributed by atoms with Crippen LogP contribution < -0.4 is 0 Å². The molecular formula is C20H30O5. The molecule has 4 aliphatic carbocycles. The highest BCUT2D eigenvalue weighted by Gasteiger charge is 2.74. The maximum atomic E-state index is 11.1. The minimum Gasteiger partial charge on any atom is -0.396 e. The van der Waals surface area contributed by atoms with Gasteiger partial charge in [-0.05, 0) is 43.1 Å². The zero-order valence-electron chi connectivity index (χ0n) is 15.1. The minimum atomic E-state index is -0.723. The molecule has 0 radical (unpaired) electrons. The predicted molar refractivity (Wildman–Crippen MR) is 90.6 cm³/mol. The van der Waals surface area contributed by atoms with Crippen molar-refractivity contribution in [2.24, 2.45) is 28.1 Å². The quantitative estimate of drug-likeness (QED) is 0.530. The van der Waals surface area contributed by atoms with E-state index in [1.54, 1.807) is 0 Å². The molecule has 5 rings (SSSR count). The zero-order valence-corrected chi connectivity index (χ0v) is 15.1. The van der Waals surface area contributed by atoms with Crippen molar-refractivity contribution in [3.63, 3.8) is 0 Å². The number of aliphatic hydroxyl groups is 4. The van der Waals surface area contributed by atoms with Crippen molar-refractivity contribution in [2.45, 2.75) is 69.9 Å². The molecule has 2 bridgehead atoms. The van der Waals surface area contributed by atoms with Gasteiger partial charge in [-0.2, -0.15) is 0 Å². The number of hydrogen-bond donors (Lipinski definition) is 4. The molecule has 1 heterocycles. The minimum absolute atomic E-state index is 0.0767. The van der Waals surface area contributed by atoms with Crippen LogP contribution in [-0.2, 0) is 4.74 Å². The summed E-state index contributed by atoms with van der Waals surface area (Å²) in [5, 5.41) is 42.9. The first-order chi connectivity index (χ1) is 11.7. The third kappa shape index (κ3) is 1.64. The Morgan fingerprint density at radius 3 is 2.68 bits per heavy atom. The molecule has 0 aromatic carbocycles. The largest absolute Gasteiger partial charge is 0.396 e. The standard InChI is InChI=1S/C20H30O5/c1-17(9-21)14(23)3-4-18(2)16(17)13(22)7-11-15-12-8-19(11,18)5-6-20(12,24)10-25-15/h7,12-16,21-24H,3-6,8-10H2,1-2H3/t12-,13+,14+,15+,16-,17+,18-,19-,20-/m0/s1. The molecule has 0 aromatic heterocycles. The Morgan fingerprint density at radius 1 is 1.20 bits per heavy atom. The van der Waals surface area contributed by atoms with Crippen LogP contribution in [0.5, 0.6) is 0 Å². The average Bonchev–Trinajstić information content (AvgIpc) is 3.05. The van der Waals surface area contributed by atoms with Gasteiger partial charge in [0.05, 0.1) is 37.1 Å². The summed E-state index contributed by atoms with van der Waals surface area (Å²) in [6.45, 7) is 4.44. The molecule has 0 unspecified atom stereocenters. The molecule has 5 nitrogen and oxygen atoms in total. The van der Waals surface area contributed by atoms with E-state index in [-0.39, 0.29) is 35.4 Å². The lowest BCUT2D eigenvalue weighted by Gasteiger charge is -2.65. The van der Waals surface area contributed by atoms with Crippen LogP contribution >= 0.6 is 0 Å². The second-order valence-electron chi connectivity index (χ2n) is 9.95. The lowest BCUT2D eigenvalue weighted by Crippen LogP contribution is -2.65. The maximum Gasteiger partial charge on any atom is 0.0937 e. The lowest BCUT2D eigenvalue weighted by atomic mass is 9.40. The lowest BCUT2D eigenvalue weighted by molar-refractivity contribution is -0.207. The Morgan fingerprint density at radius 2 is 1.96 bits per heavy atom. The van der Waals surface area contributed by atoms with Crippen molar-refractivity contribution in [3.8, 4) is 0 Å². The Hall–Kier alpha value is -0.460. The van der Waals surface area contributed by atoms with E-state index in [2.05, 4.69) is 6.92 Å². The Labute approximate surface area is 148 Å². The summed E-state index contributed by atoms with van der Waals surface area (Å²) in [6, 6.07) is 0. The Balaban J connectivity index is 1.69. The van der Waals surface area contributed by atoms with Gasteiger partial charge in [0.15, 0.2) is 0 Å². The Kier molecular flexibility index (Phi) is 3.13. The third-order valence-electron chi connectivity index (χ3n) is 9.20. The van der Waals surface area contributed by atoms with Crippen molar-refractivity contribution in [3.05, 3.63) is 11.6 Å². The van der Waals surface area contributed by atoms with Crippen molar-refractivity contribution < 1.29 is 25.2 Å². The van der Waals surface area contributed by atoms with E-state index in [9.17, 15) is 20.4 Å². The molecule has 1 aliphatic heterocycles. The Bertz CT molecular complexity index is 648. The first-order valence-corrected chi connectivity index (χ1v) is 9.75. The van der Waals surface area contributed by atoms with Crippen LogP contribution in [0.25, 0.3) is 0 Å². The summed E-state index contributed by atoms with van der Waals surface area (Å²) in [5.41, 5.74) is -0.541. The summed E-state index contributed by atoms with van der Waals surface area (Å²) >= 11 is 0. The predicted octanol–water partition coefficient (Wildman–Crippen LogP) is 0.993. The fourth-order valence-corrected chi connectivity index (χ4v) is 7.79. The van der Waals surface area contributed by atoms with Gasteiger partial charge in [0, 0.05) is 22.7 Å². The summed E-state index contributed by atoms with van der Waals surface area (Å²) in [5.74, 6) is -0.0787. The second kappa shape index (κ2) is 4.68. The molecule has 5 aliphatic rings. The van der Waals surface area contributed by atoms with Crippen LogP contribution in [-0.4, -0.2) is 57.6 Å². The number of fused-ring (bicyclic) bond motifs is 2. The van der Waals surface area contributed by atoms with Crippen LogP contribution in [0.4, 0.5) is 0 Å². The van der Waals surface area contributed by atoms with Gasteiger partial charge in [-0.15, -0.1) is 0 Å². The topological polar surface area (TPSA) is 90.2 Å². The maximum absolute atomic E-state index is 11.1. The highest BCUT2D eigenvalue weighted by atomic mass is 16.5. The molecular weight excluding hydrogens is 320 g/mol. The van der Waals surface area contributed by atoms with Gasteiger partial charge < -0.3 is 25.2 Å². The monoisotopic (exact) mass is 350 g/mol. The molecule has 4 fully saturated rings. The second-order valence-corrected chi connectivity index (χ2v) is 9.95. The molecule has 0 amide bonds. The molecule has 9 atom stereocenters. The van der Waals surface area contributed by atoms with Crippen LogP contribution in [0, 0.1) is 28.1 Å². The smallest absolute Gasteiger partial charge is 0.0937 e. The van der Waals surface area contributed by atoms with Crippen molar-refractivity contribution in [1.29, 1.82) is 0 Å². The first kappa shape index (κ1) is 16.7. The average molecular weight is 350 g/mol. The molecule has 0 aromatic rings. The fraction of sp³-hybridized carbons (Fsp3) is 0.900. The van der Waals surface area contributed by atoms with Crippen molar-refractivity contribution in [1.82, 2.24) is 0 Å². The van der Waals surface area contributed by atoms with Gasteiger partial charge >= 0.3 is 0 Å². The molecule has 5 heteroatoms. The third-order valence-corrected chi connectivity index (χ3v) is 9.20. The van der Waals surface area contributed by atoms with Crippen LogP contribution in [0.15, 0.2) is 11.6 Å². The van der Waals surface area contributed by atoms with Gasteiger partial charge in [-0.25, -0.2) is 0 Å². The molecule has 1 saturated heterocycles. The summed E-state index contributed by atoms with van der Waals surface area (Å²) in [6.07, 6.45) is 4.60. The van der Waals surface area contributed by atoms with Crippen molar-refractivity contribution in [2.75, 3.05) is 13.2 Å². The van der Waals surface area contributed by atoms with Gasteiger partial charge in [-0.1, -0.05) is 19.9 Å². The number of rotatable bonds is 1. The summed E-state index contributed by atoms with van der Waals surface area (Å²) < 4.78 is 6.02. The van der Waals surface area contributed by atoms with Crippen molar-refractivity contribution >= 4 is 0 Å². The van der Waals surface area contributed by atoms with Gasteiger partial charge in [0.2, 0.25) is 0 Å². The molecule has 25 heavy (non-hydrogen) atoms. The van der Waals surface area contributed by atoms with Gasteiger partial charge in [0.25, 0.3) is 0 Å². The number of ether oxygens (including phenoxy) is 1.